The fraction of sp³-hybridized carbons (Fsp3) is 0.350. The molecular weight excluding hydrogens is 378 g/mol. The number of hydrogen-bond acceptors (Lipinski definition) is 7. The Hall–Kier alpha value is -2.71. The maximum Gasteiger partial charge on any atom is 0.330 e. The number of hydrogen-bond donors (Lipinski definition) is 1. The van der Waals surface area contributed by atoms with E-state index in [1.807, 2.05) is 6.07 Å². The molecule has 1 unspecified atom stereocenters. The number of nitro groups is 1. The molecule has 28 heavy (non-hydrogen) atoms. The molecule has 1 atom stereocenters. The van der Waals surface area contributed by atoms with Crippen LogP contribution >= 0.6 is 11.3 Å². The summed E-state index contributed by atoms with van der Waals surface area (Å²) in [6.45, 7) is 2.69. The fourth-order valence-corrected chi connectivity index (χ4v) is 4.20. The van der Waals surface area contributed by atoms with Crippen molar-refractivity contribution in [3.8, 4) is 0 Å². The van der Waals surface area contributed by atoms with Gasteiger partial charge in [-0.15, -0.1) is 11.3 Å². The first-order chi connectivity index (χ1) is 13.6. The van der Waals surface area contributed by atoms with Gasteiger partial charge in [0.15, 0.2) is 0 Å². The van der Waals surface area contributed by atoms with Crippen LogP contribution in [0.2, 0.25) is 0 Å². The van der Waals surface area contributed by atoms with Crippen molar-refractivity contribution in [1.82, 2.24) is 4.90 Å². The SMILES string of the molecule is COC(=O)/C=C/c1ccc(NCC(c2cccs2)N2CCCC2)c([N+](=O)[O-])c1. The quantitative estimate of drug-likeness (QED) is 0.310. The number of benzene rings is 1. The third kappa shape index (κ3) is 4.96. The van der Waals surface area contributed by atoms with Crippen LogP contribution in [0.1, 0.15) is 29.3 Å². The van der Waals surface area contributed by atoms with Gasteiger partial charge in [0, 0.05) is 23.6 Å². The van der Waals surface area contributed by atoms with Gasteiger partial charge in [-0.3, -0.25) is 15.0 Å². The van der Waals surface area contributed by atoms with Gasteiger partial charge >= 0.3 is 5.97 Å². The van der Waals surface area contributed by atoms with Gasteiger partial charge in [0.25, 0.3) is 5.69 Å². The lowest BCUT2D eigenvalue weighted by molar-refractivity contribution is -0.384. The van der Waals surface area contributed by atoms with E-state index in [1.54, 1.807) is 23.5 Å². The average molecular weight is 401 g/mol. The molecule has 8 heteroatoms. The van der Waals surface area contributed by atoms with E-state index in [9.17, 15) is 14.9 Å². The zero-order chi connectivity index (χ0) is 19.9. The van der Waals surface area contributed by atoms with E-state index < -0.39 is 10.9 Å². The van der Waals surface area contributed by atoms with Crippen molar-refractivity contribution in [2.75, 3.05) is 32.1 Å². The molecule has 2 heterocycles. The molecule has 1 aromatic carbocycles. The van der Waals surface area contributed by atoms with Crippen LogP contribution in [0.15, 0.2) is 41.8 Å². The molecule has 1 aromatic heterocycles. The summed E-state index contributed by atoms with van der Waals surface area (Å²) in [4.78, 5) is 26.0. The molecule has 0 aliphatic carbocycles. The van der Waals surface area contributed by atoms with Crippen LogP contribution in [0.25, 0.3) is 6.08 Å². The van der Waals surface area contributed by atoms with E-state index in [4.69, 9.17) is 0 Å². The van der Waals surface area contributed by atoms with Gasteiger partial charge in [-0.1, -0.05) is 12.1 Å². The monoisotopic (exact) mass is 401 g/mol. The van der Waals surface area contributed by atoms with Gasteiger partial charge < -0.3 is 10.1 Å². The lowest BCUT2D eigenvalue weighted by Crippen LogP contribution is -2.30. The standard InChI is InChI=1S/C20H23N3O4S/c1-27-20(24)9-7-15-6-8-16(17(13-15)23(25)26)21-14-18(19-5-4-12-28-19)22-10-2-3-11-22/h4-9,12-13,18,21H,2-3,10-11,14H2,1H3/b9-7+. The van der Waals surface area contributed by atoms with Gasteiger partial charge in [-0.2, -0.15) is 0 Å². The summed E-state index contributed by atoms with van der Waals surface area (Å²) in [7, 11) is 1.28. The molecule has 0 amide bonds. The largest absolute Gasteiger partial charge is 0.466 e. The molecule has 0 saturated carbocycles. The zero-order valence-electron chi connectivity index (χ0n) is 15.7. The fourth-order valence-electron chi connectivity index (χ4n) is 3.34. The first-order valence-electron chi connectivity index (χ1n) is 9.14. The van der Waals surface area contributed by atoms with Crippen LogP contribution in [0.4, 0.5) is 11.4 Å². The summed E-state index contributed by atoms with van der Waals surface area (Å²) >= 11 is 1.71. The number of methoxy groups -OCH3 is 1. The molecule has 1 N–H and O–H groups in total. The molecule has 148 valence electrons. The van der Waals surface area contributed by atoms with Crippen molar-refractivity contribution in [3.63, 3.8) is 0 Å². The third-order valence-electron chi connectivity index (χ3n) is 4.77. The number of rotatable bonds is 8. The molecule has 1 aliphatic heterocycles. The normalized spacial score (nSPS) is 15.6. The van der Waals surface area contributed by atoms with Crippen molar-refractivity contribution in [3.05, 3.63) is 62.3 Å². The van der Waals surface area contributed by atoms with E-state index in [-0.39, 0.29) is 11.7 Å². The number of likely N-dealkylation sites (tertiary alicyclic amines) is 1. The highest BCUT2D eigenvalue weighted by atomic mass is 32.1. The topological polar surface area (TPSA) is 84.7 Å². The molecule has 0 radical (unpaired) electrons. The second-order valence-electron chi connectivity index (χ2n) is 6.55. The van der Waals surface area contributed by atoms with E-state index >= 15 is 0 Å². The Balaban J connectivity index is 1.77. The predicted molar refractivity (Wildman–Crippen MR) is 111 cm³/mol. The number of carbonyl (C=O) groups is 1. The Kier molecular flexibility index (Phi) is 6.78. The van der Waals surface area contributed by atoms with Gasteiger partial charge in [0.05, 0.1) is 18.1 Å². The minimum absolute atomic E-state index is 0.0154. The van der Waals surface area contributed by atoms with Crippen molar-refractivity contribution in [2.24, 2.45) is 0 Å². The molecule has 1 fully saturated rings. The Morgan fingerprint density at radius 1 is 1.39 bits per heavy atom. The molecule has 7 nitrogen and oxygen atoms in total. The van der Waals surface area contributed by atoms with E-state index in [0.29, 0.717) is 17.8 Å². The maximum atomic E-state index is 11.5. The van der Waals surface area contributed by atoms with Gasteiger partial charge in [0.1, 0.15) is 5.69 Å². The summed E-state index contributed by atoms with van der Waals surface area (Å²) in [6, 6.07) is 9.23. The lowest BCUT2D eigenvalue weighted by atomic mass is 10.1. The van der Waals surface area contributed by atoms with Gasteiger partial charge in [-0.05, 0) is 55.1 Å². The molecule has 3 rings (SSSR count). The predicted octanol–water partition coefficient (Wildman–Crippen LogP) is 4.09. The second-order valence-corrected chi connectivity index (χ2v) is 7.52. The minimum Gasteiger partial charge on any atom is -0.466 e. The summed E-state index contributed by atoms with van der Waals surface area (Å²) in [5.74, 6) is -0.505. The van der Waals surface area contributed by atoms with Crippen LogP contribution in [-0.2, 0) is 9.53 Å². The Morgan fingerprint density at radius 3 is 2.82 bits per heavy atom. The Labute approximate surface area is 167 Å². The number of nitrogens with one attached hydrogen (secondary N) is 1. The number of thiophene rings is 1. The summed E-state index contributed by atoms with van der Waals surface area (Å²) in [6.07, 6.45) is 5.11. The highest BCUT2D eigenvalue weighted by molar-refractivity contribution is 7.10. The zero-order valence-corrected chi connectivity index (χ0v) is 16.5. The maximum absolute atomic E-state index is 11.5. The van der Waals surface area contributed by atoms with Crippen LogP contribution < -0.4 is 5.32 Å². The molecular formula is C20H23N3O4S. The number of ether oxygens (including phenoxy) is 1. The highest BCUT2D eigenvalue weighted by Crippen LogP contribution is 2.31. The van der Waals surface area contributed by atoms with Crippen molar-refractivity contribution < 1.29 is 14.5 Å². The van der Waals surface area contributed by atoms with Crippen LogP contribution in [0.3, 0.4) is 0 Å². The molecule has 1 aliphatic rings. The summed E-state index contributed by atoms with van der Waals surface area (Å²) in [5.41, 5.74) is 1.02. The summed E-state index contributed by atoms with van der Waals surface area (Å²) in [5, 5.41) is 16.9. The van der Waals surface area contributed by atoms with Crippen LogP contribution in [0, 0.1) is 10.1 Å². The highest BCUT2D eigenvalue weighted by Gasteiger charge is 2.25. The molecule has 0 bridgehead atoms. The van der Waals surface area contributed by atoms with E-state index in [2.05, 4.69) is 26.4 Å². The molecule has 0 spiro atoms. The first kappa shape index (κ1) is 20.0. The molecule has 1 saturated heterocycles. The average Bonchev–Trinajstić information content (AvgIpc) is 3.41. The number of nitrogens with zero attached hydrogens (tertiary/aromatic N) is 2. The Morgan fingerprint density at radius 2 is 2.18 bits per heavy atom. The lowest BCUT2D eigenvalue weighted by Gasteiger charge is -2.27. The van der Waals surface area contributed by atoms with Crippen molar-refractivity contribution in [2.45, 2.75) is 18.9 Å². The molecule has 2 aromatic rings. The van der Waals surface area contributed by atoms with E-state index in [1.165, 1.54) is 43.0 Å². The van der Waals surface area contributed by atoms with Crippen molar-refractivity contribution in [1.29, 1.82) is 0 Å². The van der Waals surface area contributed by atoms with E-state index in [0.717, 1.165) is 13.1 Å². The number of esters is 1. The number of nitro benzene ring substituents is 1. The first-order valence-corrected chi connectivity index (χ1v) is 10.0. The third-order valence-corrected chi connectivity index (χ3v) is 5.74. The second kappa shape index (κ2) is 9.48. The minimum atomic E-state index is -0.505. The van der Waals surface area contributed by atoms with Crippen LogP contribution in [0.5, 0.6) is 0 Å². The van der Waals surface area contributed by atoms with Crippen molar-refractivity contribution >= 4 is 34.8 Å². The Bertz CT molecular complexity index is 845. The van der Waals surface area contributed by atoms with Crippen LogP contribution in [-0.4, -0.2) is 42.5 Å². The smallest absolute Gasteiger partial charge is 0.330 e. The summed E-state index contributed by atoms with van der Waals surface area (Å²) < 4.78 is 4.55. The number of carbonyl (C=O) groups excluding carboxylic acids is 1. The van der Waals surface area contributed by atoms with Gasteiger partial charge in [-0.25, -0.2) is 4.79 Å². The number of anilines is 1. The van der Waals surface area contributed by atoms with Gasteiger partial charge in [0.2, 0.25) is 0 Å².